The molecular weight excluding hydrogens is 314 g/mol. The van der Waals surface area contributed by atoms with Crippen molar-refractivity contribution in [3.63, 3.8) is 0 Å². The Kier molecular flexibility index (Phi) is 4.32. The molecule has 1 atom stereocenters. The molecule has 1 aromatic heterocycles. The summed E-state index contributed by atoms with van der Waals surface area (Å²) < 4.78 is 11.9. The number of nitrogens with zero attached hydrogens (tertiary/aromatic N) is 3. The van der Waals surface area contributed by atoms with Crippen LogP contribution in [0.25, 0.3) is 0 Å². The van der Waals surface area contributed by atoms with Crippen LogP contribution in [0.15, 0.2) is 24.5 Å². The Balaban J connectivity index is 1.67. The predicted molar refractivity (Wildman–Crippen MR) is 84.9 cm³/mol. The maximum Gasteiger partial charge on any atom is 0.232 e. The monoisotopic (exact) mass is 331 g/mol. The number of hydrogen-bond donors (Lipinski definition) is 2. The molecule has 0 spiro atoms. The smallest absolute Gasteiger partial charge is 0.232 e. The lowest BCUT2D eigenvalue weighted by molar-refractivity contribution is -0.125. The summed E-state index contributed by atoms with van der Waals surface area (Å²) in [6.45, 7) is 0.315. The summed E-state index contributed by atoms with van der Waals surface area (Å²) in [5.41, 5.74) is 0.536. The number of rotatable bonds is 5. The Hall–Kier alpha value is -3.10. The zero-order valence-electron chi connectivity index (χ0n) is 13.3. The summed E-state index contributed by atoms with van der Waals surface area (Å²) in [4.78, 5) is 28.2. The second kappa shape index (κ2) is 6.57. The summed E-state index contributed by atoms with van der Waals surface area (Å²) >= 11 is 0. The van der Waals surface area contributed by atoms with E-state index in [2.05, 4.69) is 20.7 Å². The molecule has 0 bridgehead atoms. The van der Waals surface area contributed by atoms with Crippen molar-refractivity contribution in [3.05, 3.63) is 24.5 Å². The molecule has 1 aliphatic heterocycles. The van der Waals surface area contributed by atoms with E-state index in [1.807, 2.05) is 0 Å². The summed E-state index contributed by atoms with van der Waals surface area (Å²) in [6.07, 6.45) is 1.39. The molecule has 0 saturated heterocycles. The van der Waals surface area contributed by atoms with Crippen molar-refractivity contribution in [2.75, 3.05) is 24.9 Å². The average molecular weight is 331 g/mol. The molecule has 2 aromatic rings. The van der Waals surface area contributed by atoms with Crippen molar-refractivity contribution in [3.8, 4) is 11.5 Å². The van der Waals surface area contributed by atoms with E-state index < -0.39 is 5.92 Å². The van der Waals surface area contributed by atoms with E-state index in [1.54, 1.807) is 22.9 Å². The molecule has 126 valence electrons. The summed E-state index contributed by atoms with van der Waals surface area (Å²) in [7, 11) is 3.06. The van der Waals surface area contributed by atoms with Crippen molar-refractivity contribution < 1.29 is 19.1 Å². The van der Waals surface area contributed by atoms with Gasteiger partial charge in [0.15, 0.2) is 0 Å². The fraction of sp³-hybridized carbons (Fsp3) is 0.333. The minimum Gasteiger partial charge on any atom is -0.497 e. The Bertz CT molecular complexity index is 751. The molecular formula is C15H17N5O4. The first-order valence-corrected chi connectivity index (χ1v) is 7.30. The van der Waals surface area contributed by atoms with E-state index in [0.717, 1.165) is 0 Å². The molecule has 0 aliphatic carbocycles. The number of anilines is 2. The van der Waals surface area contributed by atoms with E-state index in [-0.39, 0.29) is 18.2 Å². The lowest BCUT2D eigenvalue weighted by Gasteiger charge is -2.21. The largest absolute Gasteiger partial charge is 0.497 e. The molecule has 2 heterocycles. The number of carbonyl (C=O) groups excluding carboxylic acids is 2. The third-order valence-electron chi connectivity index (χ3n) is 3.68. The first-order valence-electron chi connectivity index (χ1n) is 7.30. The molecule has 24 heavy (non-hydrogen) atoms. The fourth-order valence-electron chi connectivity index (χ4n) is 2.47. The van der Waals surface area contributed by atoms with Gasteiger partial charge in [0, 0.05) is 30.3 Å². The van der Waals surface area contributed by atoms with Gasteiger partial charge in [0.05, 0.1) is 26.7 Å². The quantitative estimate of drug-likeness (QED) is 0.842. The second-order valence-electron chi connectivity index (χ2n) is 5.31. The van der Waals surface area contributed by atoms with Gasteiger partial charge < -0.3 is 14.8 Å². The number of aromatic nitrogens is 3. The number of carbonyl (C=O) groups is 2. The van der Waals surface area contributed by atoms with Gasteiger partial charge in [0.2, 0.25) is 17.8 Å². The van der Waals surface area contributed by atoms with Crippen molar-refractivity contribution in [1.82, 2.24) is 14.8 Å². The molecule has 0 radical (unpaired) electrons. The van der Waals surface area contributed by atoms with Gasteiger partial charge in [-0.2, -0.15) is 10.1 Å². The standard InChI is InChI=1S/C15H17N5O4/c1-23-11-4-10(5-12(6-11)24-2)18-13(21)3-9-7-20-15(16-8-17-20)19-14(9)22/h4-6,8-9H,3,7H2,1-2H3,(H,18,21)(H,16,17,19,22)/t9-/m0/s1. The highest BCUT2D eigenvalue weighted by Gasteiger charge is 2.29. The van der Waals surface area contributed by atoms with Crippen LogP contribution in [0.3, 0.4) is 0 Å². The maximum atomic E-state index is 12.3. The fourth-order valence-corrected chi connectivity index (χ4v) is 2.47. The molecule has 1 aliphatic rings. The molecule has 9 heteroatoms. The Labute approximate surface area is 138 Å². The van der Waals surface area contributed by atoms with Crippen LogP contribution >= 0.6 is 0 Å². The van der Waals surface area contributed by atoms with Crippen LogP contribution in [0.2, 0.25) is 0 Å². The molecule has 2 amide bonds. The van der Waals surface area contributed by atoms with Crippen molar-refractivity contribution in [1.29, 1.82) is 0 Å². The van der Waals surface area contributed by atoms with Crippen LogP contribution in [-0.4, -0.2) is 40.8 Å². The van der Waals surface area contributed by atoms with E-state index in [1.165, 1.54) is 20.5 Å². The van der Waals surface area contributed by atoms with E-state index in [0.29, 0.717) is 29.7 Å². The highest BCUT2D eigenvalue weighted by atomic mass is 16.5. The van der Waals surface area contributed by atoms with Gasteiger partial charge in [-0.1, -0.05) is 0 Å². The SMILES string of the molecule is COc1cc(NC(=O)C[C@H]2Cn3ncnc3NC2=O)cc(OC)c1. The van der Waals surface area contributed by atoms with E-state index in [4.69, 9.17) is 9.47 Å². The minimum absolute atomic E-state index is 0.0324. The van der Waals surface area contributed by atoms with Crippen LogP contribution in [-0.2, 0) is 16.1 Å². The topological polar surface area (TPSA) is 107 Å². The highest BCUT2D eigenvalue weighted by Crippen LogP contribution is 2.26. The third-order valence-corrected chi connectivity index (χ3v) is 3.68. The normalized spacial score (nSPS) is 16.1. The molecule has 0 fully saturated rings. The summed E-state index contributed by atoms with van der Waals surface area (Å²) in [6, 6.07) is 5.06. The zero-order valence-corrected chi connectivity index (χ0v) is 13.3. The summed E-state index contributed by atoms with van der Waals surface area (Å²) in [5.74, 6) is 0.489. The Morgan fingerprint density at radius 2 is 2.04 bits per heavy atom. The van der Waals surface area contributed by atoms with E-state index >= 15 is 0 Å². The second-order valence-corrected chi connectivity index (χ2v) is 5.31. The first-order chi connectivity index (χ1) is 11.6. The number of methoxy groups -OCH3 is 2. The number of nitrogens with one attached hydrogen (secondary N) is 2. The number of hydrogen-bond acceptors (Lipinski definition) is 6. The van der Waals surface area contributed by atoms with Gasteiger partial charge in [-0.15, -0.1) is 0 Å². The Morgan fingerprint density at radius 1 is 1.33 bits per heavy atom. The van der Waals surface area contributed by atoms with Crippen molar-refractivity contribution in [2.24, 2.45) is 5.92 Å². The Morgan fingerprint density at radius 3 is 2.71 bits per heavy atom. The minimum atomic E-state index is -0.508. The van der Waals surface area contributed by atoms with Gasteiger partial charge in [-0.3, -0.25) is 14.9 Å². The number of benzene rings is 1. The lowest BCUT2D eigenvalue weighted by atomic mass is 10.0. The van der Waals surface area contributed by atoms with Crippen LogP contribution in [0, 0.1) is 5.92 Å². The van der Waals surface area contributed by atoms with Crippen molar-refractivity contribution in [2.45, 2.75) is 13.0 Å². The molecule has 0 saturated carbocycles. The number of ether oxygens (including phenoxy) is 2. The predicted octanol–water partition coefficient (Wildman–Crippen LogP) is 0.892. The molecule has 1 aromatic carbocycles. The van der Waals surface area contributed by atoms with Gasteiger partial charge in [0.25, 0.3) is 0 Å². The highest BCUT2D eigenvalue weighted by molar-refractivity contribution is 5.98. The van der Waals surface area contributed by atoms with Gasteiger partial charge >= 0.3 is 0 Å². The molecule has 9 nitrogen and oxygen atoms in total. The average Bonchev–Trinajstić information content (AvgIpc) is 3.01. The lowest BCUT2D eigenvalue weighted by Crippen LogP contribution is -2.36. The van der Waals surface area contributed by atoms with Crippen LogP contribution < -0.4 is 20.1 Å². The zero-order chi connectivity index (χ0) is 17.1. The van der Waals surface area contributed by atoms with Gasteiger partial charge in [-0.05, 0) is 0 Å². The molecule has 2 N–H and O–H groups in total. The maximum absolute atomic E-state index is 12.3. The first kappa shape index (κ1) is 15.8. The molecule has 3 rings (SSSR count). The van der Waals surface area contributed by atoms with Gasteiger partial charge in [-0.25, -0.2) is 4.68 Å². The van der Waals surface area contributed by atoms with Crippen molar-refractivity contribution >= 4 is 23.5 Å². The van der Waals surface area contributed by atoms with E-state index in [9.17, 15) is 9.59 Å². The number of amides is 2. The summed E-state index contributed by atoms with van der Waals surface area (Å²) in [5, 5.41) is 9.38. The number of fused-ring (bicyclic) bond motifs is 1. The third kappa shape index (κ3) is 3.29. The van der Waals surface area contributed by atoms with Crippen LogP contribution in [0.4, 0.5) is 11.6 Å². The molecule has 0 unspecified atom stereocenters. The van der Waals surface area contributed by atoms with Gasteiger partial charge in [0.1, 0.15) is 17.8 Å². The van der Waals surface area contributed by atoms with Crippen LogP contribution in [0.5, 0.6) is 11.5 Å². The van der Waals surface area contributed by atoms with Crippen LogP contribution in [0.1, 0.15) is 6.42 Å².